The molecule has 27 heavy (non-hydrogen) atoms. The summed E-state index contributed by atoms with van der Waals surface area (Å²) in [4.78, 5) is 11.1. The van der Waals surface area contributed by atoms with E-state index < -0.39 is 6.10 Å². The number of hydrogen-bond donors (Lipinski definition) is 1. The van der Waals surface area contributed by atoms with E-state index >= 15 is 0 Å². The van der Waals surface area contributed by atoms with Gasteiger partial charge in [0.2, 0.25) is 5.95 Å². The van der Waals surface area contributed by atoms with Crippen LogP contribution in [-0.2, 0) is 7.05 Å². The lowest BCUT2D eigenvalue weighted by molar-refractivity contribution is 0.0823. The normalized spacial score (nSPS) is 16.7. The standard InChI is InChI=1S/C19H24N6O2/c1-12-10-15(13(2)27-12)16-11-21-23-19(22-16)25-7-4-14(5-8-25)17(26)18-20-6-9-24(18)3/h6,9-11,14,17,26H,4-5,7-8H2,1-3H3/t17-/m1/s1. The second-order valence-corrected chi connectivity index (χ2v) is 7.13. The summed E-state index contributed by atoms with van der Waals surface area (Å²) >= 11 is 0. The van der Waals surface area contributed by atoms with Crippen molar-refractivity contribution in [3.05, 3.63) is 42.0 Å². The first-order valence-electron chi connectivity index (χ1n) is 9.20. The van der Waals surface area contributed by atoms with Crippen molar-refractivity contribution >= 4 is 5.95 Å². The Labute approximate surface area is 157 Å². The Bertz CT molecular complexity index is 926. The molecule has 1 N–H and O–H groups in total. The van der Waals surface area contributed by atoms with Crippen LogP contribution in [0.1, 0.15) is 36.3 Å². The van der Waals surface area contributed by atoms with Crippen LogP contribution in [0.5, 0.6) is 0 Å². The highest BCUT2D eigenvalue weighted by Gasteiger charge is 2.29. The summed E-state index contributed by atoms with van der Waals surface area (Å²) in [5.41, 5.74) is 1.72. The highest BCUT2D eigenvalue weighted by atomic mass is 16.3. The van der Waals surface area contributed by atoms with Gasteiger partial charge in [0.05, 0.1) is 11.9 Å². The van der Waals surface area contributed by atoms with Gasteiger partial charge in [-0.2, -0.15) is 5.10 Å². The fourth-order valence-corrected chi connectivity index (χ4v) is 3.73. The SMILES string of the molecule is Cc1cc(-c2cnnc(N3CCC([C@@H](O)c4nccn4C)CC3)n2)c(C)o1. The van der Waals surface area contributed by atoms with Crippen LogP contribution < -0.4 is 4.90 Å². The van der Waals surface area contributed by atoms with Gasteiger partial charge in [0.1, 0.15) is 23.4 Å². The maximum atomic E-state index is 10.6. The van der Waals surface area contributed by atoms with Crippen molar-refractivity contribution in [2.75, 3.05) is 18.0 Å². The van der Waals surface area contributed by atoms with Crippen LogP contribution >= 0.6 is 0 Å². The number of anilines is 1. The van der Waals surface area contributed by atoms with Gasteiger partial charge in [-0.25, -0.2) is 9.97 Å². The van der Waals surface area contributed by atoms with Gasteiger partial charge in [-0.3, -0.25) is 0 Å². The van der Waals surface area contributed by atoms with E-state index in [9.17, 15) is 5.11 Å². The van der Waals surface area contributed by atoms with Crippen molar-refractivity contribution < 1.29 is 9.52 Å². The van der Waals surface area contributed by atoms with Crippen LogP contribution in [0.15, 0.2) is 29.1 Å². The van der Waals surface area contributed by atoms with Gasteiger partial charge in [-0.15, -0.1) is 5.10 Å². The molecule has 4 heterocycles. The molecular weight excluding hydrogens is 344 g/mol. The van der Waals surface area contributed by atoms with Gasteiger partial charge >= 0.3 is 0 Å². The second kappa shape index (κ2) is 7.11. The van der Waals surface area contributed by atoms with Crippen molar-refractivity contribution in [2.24, 2.45) is 13.0 Å². The third kappa shape index (κ3) is 3.44. The zero-order chi connectivity index (χ0) is 19.0. The molecule has 0 unspecified atom stereocenters. The van der Waals surface area contributed by atoms with Crippen LogP contribution in [0.2, 0.25) is 0 Å². The highest BCUT2D eigenvalue weighted by molar-refractivity contribution is 5.62. The topological polar surface area (TPSA) is 93.1 Å². The smallest absolute Gasteiger partial charge is 0.245 e. The van der Waals surface area contributed by atoms with Gasteiger partial charge in [-0.05, 0) is 38.7 Å². The Balaban J connectivity index is 1.46. The van der Waals surface area contributed by atoms with Crippen LogP contribution in [0.4, 0.5) is 5.95 Å². The molecule has 0 amide bonds. The molecule has 0 radical (unpaired) electrons. The number of aryl methyl sites for hydroxylation is 3. The fraction of sp³-hybridized carbons (Fsp3) is 0.474. The highest BCUT2D eigenvalue weighted by Crippen LogP contribution is 2.31. The lowest BCUT2D eigenvalue weighted by Crippen LogP contribution is -2.37. The third-order valence-electron chi connectivity index (χ3n) is 5.26. The van der Waals surface area contributed by atoms with Crippen molar-refractivity contribution in [3.63, 3.8) is 0 Å². The molecule has 1 fully saturated rings. The molecule has 3 aromatic rings. The van der Waals surface area contributed by atoms with E-state index in [-0.39, 0.29) is 5.92 Å². The van der Waals surface area contributed by atoms with Gasteiger partial charge < -0.3 is 19.0 Å². The summed E-state index contributed by atoms with van der Waals surface area (Å²) in [6.45, 7) is 5.40. The third-order valence-corrected chi connectivity index (χ3v) is 5.26. The Morgan fingerprint density at radius 2 is 2.04 bits per heavy atom. The summed E-state index contributed by atoms with van der Waals surface area (Å²) in [5, 5.41) is 19.0. The quantitative estimate of drug-likeness (QED) is 0.756. The molecule has 0 aromatic carbocycles. The first-order valence-corrected chi connectivity index (χ1v) is 9.20. The van der Waals surface area contributed by atoms with Crippen LogP contribution in [0.25, 0.3) is 11.3 Å². The molecule has 4 rings (SSSR count). The Morgan fingerprint density at radius 1 is 1.26 bits per heavy atom. The number of piperidine rings is 1. The molecular formula is C19H24N6O2. The summed E-state index contributed by atoms with van der Waals surface area (Å²) in [6.07, 6.45) is 6.40. The maximum Gasteiger partial charge on any atom is 0.245 e. The average molecular weight is 368 g/mol. The Morgan fingerprint density at radius 3 is 2.67 bits per heavy atom. The first-order chi connectivity index (χ1) is 13.0. The molecule has 0 aliphatic carbocycles. The lowest BCUT2D eigenvalue weighted by Gasteiger charge is -2.33. The van der Waals surface area contributed by atoms with Crippen LogP contribution in [0.3, 0.4) is 0 Å². The minimum Gasteiger partial charge on any atom is -0.466 e. The number of hydrogen-bond acceptors (Lipinski definition) is 7. The molecule has 1 aliphatic heterocycles. The van der Waals surface area contributed by atoms with E-state index in [1.807, 2.05) is 37.7 Å². The summed E-state index contributed by atoms with van der Waals surface area (Å²) in [7, 11) is 1.91. The molecule has 1 atom stereocenters. The Hall–Kier alpha value is -2.74. The van der Waals surface area contributed by atoms with Crippen molar-refractivity contribution in [3.8, 4) is 11.3 Å². The van der Waals surface area contributed by atoms with E-state index in [2.05, 4.69) is 25.1 Å². The fourth-order valence-electron chi connectivity index (χ4n) is 3.73. The summed E-state index contributed by atoms with van der Waals surface area (Å²) in [6, 6.07) is 1.97. The number of furan rings is 1. The minimum atomic E-state index is -0.547. The van der Waals surface area contributed by atoms with Gasteiger partial charge in [0.25, 0.3) is 0 Å². The second-order valence-electron chi connectivity index (χ2n) is 7.13. The van der Waals surface area contributed by atoms with Crippen molar-refractivity contribution in [2.45, 2.75) is 32.8 Å². The predicted octanol–water partition coefficient (Wildman–Crippen LogP) is 2.43. The van der Waals surface area contributed by atoms with Gasteiger partial charge in [-0.1, -0.05) is 0 Å². The molecule has 1 saturated heterocycles. The van der Waals surface area contributed by atoms with Crippen LogP contribution in [0, 0.1) is 19.8 Å². The molecule has 1 aliphatic rings. The number of imidazole rings is 1. The molecule has 0 spiro atoms. The molecule has 8 heteroatoms. The van der Waals surface area contributed by atoms with Gasteiger partial charge in [0.15, 0.2) is 0 Å². The summed E-state index contributed by atoms with van der Waals surface area (Å²) < 4.78 is 7.48. The molecule has 0 saturated carbocycles. The van der Waals surface area contributed by atoms with E-state index in [0.717, 1.165) is 54.5 Å². The number of nitrogens with zero attached hydrogens (tertiary/aromatic N) is 6. The molecule has 142 valence electrons. The monoisotopic (exact) mass is 368 g/mol. The maximum absolute atomic E-state index is 10.6. The lowest BCUT2D eigenvalue weighted by atomic mass is 9.91. The predicted molar refractivity (Wildman–Crippen MR) is 100 cm³/mol. The average Bonchev–Trinajstić information content (AvgIpc) is 3.26. The van der Waals surface area contributed by atoms with Gasteiger partial charge in [0, 0.05) is 38.1 Å². The van der Waals surface area contributed by atoms with E-state index in [1.54, 1.807) is 12.4 Å². The number of aromatic nitrogens is 5. The summed E-state index contributed by atoms with van der Waals surface area (Å²) in [5.74, 6) is 3.20. The number of rotatable bonds is 4. The first kappa shape index (κ1) is 17.7. The van der Waals surface area contributed by atoms with Crippen molar-refractivity contribution in [1.82, 2.24) is 24.7 Å². The molecule has 0 bridgehead atoms. The molecule has 8 nitrogen and oxygen atoms in total. The van der Waals surface area contributed by atoms with Crippen LogP contribution in [-0.4, -0.2) is 42.9 Å². The largest absolute Gasteiger partial charge is 0.466 e. The minimum absolute atomic E-state index is 0.178. The Kier molecular flexibility index (Phi) is 4.65. The number of aliphatic hydroxyl groups excluding tert-OH is 1. The zero-order valence-electron chi connectivity index (χ0n) is 15.8. The molecule has 3 aromatic heterocycles. The van der Waals surface area contributed by atoms with E-state index in [0.29, 0.717) is 5.95 Å². The van der Waals surface area contributed by atoms with E-state index in [4.69, 9.17) is 4.42 Å². The van der Waals surface area contributed by atoms with E-state index in [1.165, 1.54) is 0 Å². The van der Waals surface area contributed by atoms with Crippen molar-refractivity contribution in [1.29, 1.82) is 0 Å². The number of aliphatic hydroxyl groups is 1. The zero-order valence-corrected chi connectivity index (χ0v) is 15.8.